The molecule has 2 heterocycles. The molecule has 1 aromatic heterocycles. The van der Waals surface area contributed by atoms with Crippen LogP contribution < -0.4 is 4.90 Å². The first-order valence-corrected chi connectivity index (χ1v) is 7.74. The minimum Gasteiger partial charge on any atom is -0.341 e. The summed E-state index contributed by atoms with van der Waals surface area (Å²) < 4.78 is 2.88. The summed E-state index contributed by atoms with van der Waals surface area (Å²) >= 11 is 5.31. The predicted molar refractivity (Wildman–Crippen MR) is 82.1 cm³/mol. The molecule has 5 heteroatoms. The van der Waals surface area contributed by atoms with Gasteiger partial charge in [0.25, 0.3) is 0 Å². The molecule has 0 aromatic carbocycles. The maximum atomic E-state index is 5.31. The van der Waals surface area contributed by atoms with Crippen molar-refractivity contribution in [1.29, 1.82) is 0 Å². The molecule has 4 nitrogen and oxygen atoms in total. The van der Waals surface area contributed by atoms with Crippen molar-refractivity contribution in [2.24, 2.45) is 11.3 Å². The number of nitrogens with one attached hydrogen (secondary N) is 1. The molecule has 1 aromatic rings. The first kappa shape index (κ1) is 14.6. The molecular weight excluding hydrogens is 256 g/mol. The zero-order valence-corrected chi connectivity index (χ0v) is 13.4. The highest BCUT2D eigenvalue weighted by Crippen LogP contribution is 2.35. The average Bonchev–Trinajstić information content (AvgIpc) is 2.71. The predicted octanol–water partition coefficient (Wildman–Crippen LogP) is 3.61. The minimum atomic E-state index is 0.417. The summed E-state index contributed by atoms with van der Waals surface area (Å²) in [5, 5.41) is 7.35. The summed E-state index contributed by atoms with van der Waals surface area (Å²) in [6.45, 7) is 12.3. The van der Waals surface area contributed by atoms with E-state index in [1.165, 1.54) is 12.8 Å². The monoisotopic (exact) mass is 282 g/mol. The van der Waals surface area contributed by atoms with Crippen LogP contribution in [0.25, 0.3) is 0 Å². The van der Waals surface area contributed by atoms with E-state index in [4.69, 9.17) is 12.2 Å². The molecule has 0 atom stereocenters. The summed E-state index contributed by atoms with van der Waals surface area (Å²) in [7, 11) is 0. The van der Waals surface area contributed by atoms with E-state index in [0.29, 0.717) is 5.41 Å². The van der Waals surface area contributed by atoms with Gasteiger partial charge >= 0.3 is 0 Å². The average molecular weight is 282 g/mol. The fourth-order valence-electron chi connectivity index (χ4n) is 2.92. The number of piperidine rings is 1. The Kier molecular flexibility index (Phi) is 4.33. The number of hydrogen-bond donors (Lipinski definition) is 1. The van der Waals surface area contributed by atoms with Crippen molar-refractivity contribution in [1.82, 2.24) is 14.8 Å². The van der Waals surface area contributed by atoms with Crippen LogP contribution in [0, 0.1) is 16.1 Å². The topological polar surface area (TPSA) is 36.9 Å². The maximum absolute atomic E-state index is 5.31. The van der Waals surface area contributed by atoms with Crippen LogP contribution >= 0.6 is 12.2 Å². The van der Waals surface area contributed by atoms with Crippen LogP contribution in [0.1, 0.15) is 47.0 Å². The van der Waals surface area contributed by atoms with Crippen LogP contribution in [-0.4, -0.2) is 27.9 Å². The second-order valence-electron chi connectivity index (χ2n) is 6.61. The Morgan fingerprint density at radius 2 is 1.95 bits per heavy atom. The number of H-pyrrole nitrogens is 1. The fourth-order valence-corrected chi connectivity index (χ4v) is 3.14. The number of aromatic nitrogens is 3. The molecule has 0 radical (unpaired) electrons. The molecule has 1 aliphatic rings. The van der Waals surface area contributed by atoms with Crippen molar-refractivity contribution in [2.75, 3.05) is 18.0 Å². The van der Waals surface area contributed by atoms with E-state index < -0.39 is 0 Å². The largest absolute Gasteiger partial charge is 0.341 e. The van der Waals surface area contributed by atoms with Crippen molar-refractivity contribution in [3.8, 4) is 0 Å². The van der Waals surface area contributed by atoms with E-state index in [-0.39, 0.29) is 0 Å². The number of hydrogen-bond acceptors (Lipinski definition) is 3. The Morgan fingerprint density at radius 1 is 1.32 bits per heavy atom. The van der Waals surface area contributed by atoms with Crippen LogP contribution in [0.3, 0.4) is 0 Å². The van der Waals surface area contributed by atoms with Crippen molar-refractivity contribution in [2.45, 2.75) is 53.5 Å². The molecule has 0 amide bonds. The zero-order chi connectivity index (χ0) is 14.0. The molecule has 0 aliphatic carbocycles. The van der Waals surface area contributed by atoms with Gasteiger partial charge in [-0.2, -0.15) is 0 Å². The third-order valence-corrected chi connectivity index (χ3v) is 4.50. The van der Waals surface area contributed by atoms with E-state index in [2.05, 4.69) is 47.4 Å². The number of rotatable bonds is 3. The highest BCUT2D eigenvalue weighted by atomic mass is 32.1. The van der Waals surface area contributed by atoms with Gasteiger partial charge in [0.2, 0.25) is 5.95 Å². The lowest BCUT2D eigenvalue weighted by Crippen LogP contribution is -2.39. The second kappa shape index (κ2) is 5.65. The van der Waals surface area contributed by atoms with Gasteiger partial charge in [-0.05, 0) is 42.8 Å². The molecule has 1 aliphatic heterocycles. The number of nitrogens with zero attached hydrogens (tertiary/aromatic N) is 3. The van der Waals surface area contributed by atoms with E-state index >= 15 is 0 Å². The first-order chi connectivity index (χ1) is 8.93. The smallest absolute Gasteiger partial charge is 0.225 e. The first-order valence-electron chi connectivity index (χ1n) is 7.33. The number of anilines is 1. The van der Waals surface area contributed by atoms with Crippen LogP contribution in [-0.2, 0) is 6.54 Å². The molecule has 2 rings (SSSR count). The van der Waals surface area contributed by atoms with E-state index in [9.17, 15) is 0 Å². The van der Waals surface area contributed by atoms with Crippen molar-refractivity contribution < 1.29 is 0 Å². The summed E-state index contributed by atoms with van der Waals surface area (Å²) in [5.74, 6) is 1.84. The zero-order valence-electron chi connectivity index (χ0n) is 12.6. The third-order valence-electron chi connectivity index (χ3n) is 4.19. The number of aromatic amines is 1. The molecule has 0 bridgehead atoms. The Morgan fingerprint density at radius 3 is 2.47 bits per heavy atom. The van der Waals surface area contributed by atoms with Crippen molar-refractivity contribution in [3.05, 3.63) is 4.77 Å². The lowest BCUT2D eigenvalue weighted by molar-refractivity contribution is 0.198. The molecule has 0 saturated carbocycles. The van der Waals surface area contributed by atoms with Gasteiger partial charge in [0, 0.05) is 19.6 Å². The summed E-state index contributed by atoms with van der Waals surface area (Å²) in [6.07, 6.45) is 3.57. The quantitative estimate of drug-likeness (QED) is 0.860. The van der Waals surface area contributed by atoms with Gasteiger partial charge in [0.1, 0.15) is 0 Å². The van der Waals surface area contributed by atoms with Gasteiger partial charge in [-0.1, -0.05) is 27.7 Å². The van der Waals surface area contributed by atoms with Crippen LogP contribution in [0.15, 0.2) is 0 Å². The van der Waals surface area contributed by atoms with Crippen LogP contribution in [0.5, 0.6) is 0 Å². The Bertz CT molecular complexity index is 461. The van der Waals surface area contributed by atoms with Crippen molar-refractivity contribution >= 4 is 18.2 Å². The summed E-state index contributed by atoms with van der Waals surface area (Å²) in [6, 6.07) is 0. The van der Waals surface area contributed by atoms with Gasteiger partial charge in [0.05, 0.1) is 0 Å². The molecule has 19 heavy (non-hydrogen) atoms. The summed E-state index contributed by atoms with van der Waals surface area (Å²) in [4.78, 5) is 2.38. The lowest BCUT2D eigenvalue weighted by atomic mass is 9.75. The van der Waals surface area contributed by atoms with Gasteiger partial charge in [-0.25, -0.2) is 5.10 Å². The second-order valence-corrected chi connectivity index (χ2v) is 6.99. The van der Waals surface area contributed by atoms with E-state index in [1.807, 2.05) is 0 Å². The molecule has 0 spiro atoms. The maximum Gasteiger partial charge on any atom is 0.225 e. The van der Waals surface area contributed by atoms with Crippen LogP contribution in [0.4, 0.5) is 5.95 Å². The molecule has 1 saturated heterocycles. The lowest BCUT2D eigenvalue weighted by Gasteiger charge is -2.39. The summed E-state index contributed by atoms with van der Waals surface area (Å²) in [5.41, 5.74) is 0.417. The van der Waals surface area contributed by atoms with Gasteiger partial charge in [-0.3, -0.25) is 4.57 Å². The Balaban J connectivity index is 2.08. The fraction of sp³-hybridized carbons (Fsp3) is 0.857. The highest BCUT2D eigenvalue weighted by Gasteiger charge is 2.30. The molecule has 0 unspecified atom stereocenters. The molecule has 108 valence electrons. The highest BCUT2D eigenvalue weighted by molar-refractivity contribution is 7.71. The van der Waals surface area contributed by atoms with Crippen LogP contribution in [0.2, 0.25) is 0 Å². The molecular formula is C14H26N4S. The minimum absolute atomic E-state index is 0.417. The Hall–Kier alpha value is -0.840. The van der Waals surface area contributed by atoms with E-state index in [0.717, 1.165) is 42.7 Å². The SMILES string of the molecule is CCCn1c(N2CCC(C(C)(C)C)CC2)n[nH]c1=S. The molecule has 1 fully saturated rings. The van der Waals surface area contributed by atoms with Crippen molar-refractivity contribution in [3.63, 3.8) is 0 Å². The van der Waals surface area contributed by atoms with Gasteiger partial charge in [0.15, 0.2) is 4.77 Å². The van der Waals surface area contributed by atoms with Gasteiger partial charge < -0.3 is 4.90 Å². The standard InChI is InChI=1S/C14H26N4S/c1-5-8-18-12(15-16-13(18)19)17-9-6-11(7-10-17)14(2,3)4/h11H,5-10H2,1-4H3,(H,16,19). The van der Waals surface area contributed by atoms with Gasteiger partial charge in [-0.15, -0.1) is 5.10 Å². The molecule has 1 N–H and O–H groups in total. The van der Waals surface area contributed by atoms with E-state index in [1.54, 1.807) is 0 Å². The Labute approximate surface area is 121 Å². The third kappa shape index (κ3) is 3.19. The normalized spacial score (nSPS) is 18.0.